The predicted molar refractivity (Wildman–Crippen MR) is 142 cm³/mol. The first-order valence-electron chi connectivity index (χ1n) is 12.3. The molecule has 2 aromatic carbocycles. The largest absolute Gasteiger partial charge is 0.460 e. The maximum absolute atomic E-state index is 12.5. The van der Waals surface area contributed by atoms with Crippen molar-refractivity contribution in [2.45, 2.75) is 72.4 Å². The van der Waals surface area contributed by atoms with Gasteiger partial charge in [0.05, 0.1) is 12.5 Å². The fourth-order valence-electron chi connectivity index (χ4n) is 3.53. The van der Waals surface area contributed by atoms with Gasteiger partial charge >= 0.3 is 11.2 Å². The van der Waals surface area contributed by atoms with E-state index in [1.54, 1.807) is 0 Å². The molecule has 2 amide bonds. The molecule has 2 aromatic rings. The molecule has 0 aliphatic carbocycles. The van der Waals surface area contributed by atoms with Crippen molar-refractivity contribution < 1.29 is 19.1 Å². The zero-order valence-electron chi connectivity index (χ0n) is 21.3. The van der Waals surface area contributed by atoms with E-state index < -0.39 is 0 Å². The molecule has 190 valence electrons. The Hall–Kier alpha value is -2.64. The summed E-state index contributed by atoms with van der Waals surface area (Å²) in [6.45, 7) is 9.43. The third-order valence-electron chi connectivity index (χ3n) is 5.64. The van der Waals surface area contributed by atoms with Gasteiger partial charge in [-0.3, -0.25) is 24.0 Å². The lowest BCUT2D eigenvalue weighted by molar-refractivity contribution is -0.146. The molecule has 35 heavy (non-hydrogen) atoms. The van der Waals surface area contributed by atoms with Gasteiger partial charge in [-0.15, -0.1) is 0 Å². The van der Waals surface area contributed by atoms with E-state index in [0.29, 0.717) is 12.3 Å². The van der Waals surface area contributed by atoms with Crippen LogP contribution in [0, 0.1) is 5.92 Å². The van der Waals surface area contributed by atoms with Crippen LogP contribution in [0.2, 0.25) is 0 Å². The number of carbonyl (C=O) groups is 3. The number of unbranched alkanes of at least 4 members (excludes halogenated alkanes) is 2. The monoisotopic (exact) mass is 498 g/mol. The van der Waals surface area contributed by atoms with E-state index in [1.165, 1.54) is 5.56 Å². The summed E-state index contributed by atoms with van der Waals surface area (Å²) < 4.78 is 8.53. The Morgan fingerprint density at radius 3 is 2.20 bits per heavy atom. The summed E-state index contributed by atoms with van der Waals surface area (Å²) in [4.78, 5) is 37.3. The molecule has 0 saturated heterocycles. The third-order valence-corrected chi connectivity index (χ3v) is 6.40. The second kappa shape index (κ2) is 15.4. The number of carbonyl (C=O) groups excluding carboxylic acids is 3. The van der Waals surface area contributed by atoms with Crippen molar-refractivity contribution >= 4 is 29.6 Å². The van der Waals surface area contributed by atoms with Crippen molar-refractivity contribution in [3.05, 3.63) is 70.8 Å². The Balaban J connectivity index is 1.81. The summed E-state index contributed by atoms with van der Waals surface area (Å²) >= 11 is 0.945. The Morgan fingerprint density at radius 1 is 0.971 bits per heavy atom. The first kappa shape index (κ1) is 28.6. The van der Waals surface area contributed by atoms with Crippen LogP contribution in [0.25, 0.3) is 0 Å². The summed E-state index contributed by atoms with van der Waals surface area (Å²) in [6.07, 6.45) is 4.78. The highest BCUT2D eigenvalue weighted by Crippen LogP contribution is 2.20. The van der Waals surface area contributed by atoms with Crippen molar-refractivity contribution in [3.63, 3.8) is 0 Å². The second-order valence-electron chi connectivity index (χ2n) is 9.19. The highest BCUT2D eigenvalue weighted by Gasteiger charge is 2.17. The molecule has 1 unspecified atom stereocenters. The van der Waals surface area contributed by atoms with Gasteiger partial charge in [-0.1, -0.05) is 82.1 Å². The van der Waals surface area contributed by atoms with Crippen LogP contribution in [0.15, 0.2) is 48.5 Å². The fraction of sp³-hybridized carbons (Fsp3) is 0.464. The average Bonchev–Trinajstić information content (AvgIpc) is 2.86. The number of nitrogens with one attached hydrogen (secondary N) is 1. The van der Waals surface area contributed by atoms with Gasteiger partial charge in [0.2, 0.25) is 6.41 Å². The first-order chi connectivity index (χ1) is 16.8. The number of amides is 2. The highest BCUT2D eigenvalue weighted by molar-refractivity contribution is 8.11. The molecule has 1 N–H and O–H groups in total. The summed E-state index contributed by atoms with van der Waals surface area (Å²) in [5.41, 5.74) is 3.87. The lowest BCUT2D eigenvalue weighted by Gasteiger charge is -2.16. The zero-order chi connectivity index (χ0) is 25.6. The number of esters is 1. The van der Waals surface area contributed by atoms with E-state index in [0.717, 1.165) is 65.8 Å². The molecular formula is C28H38N2O4S. The molecule has 0 heterocycles. The average molecular weight is 499 g/mol. The second-order valence-corrected chi connectivity index (χ2v) is 10.0. The van der Waals surface area contributed by atoms with Crippen LogP contribution < -0.4 is 4.72 Å². The number of benzene rings is 2. The van der Waals surface area contributed by atoms with Crippen LogP contribution >= 0.6 is 11.9 Å². The van der Waals surface area contributed by atoms with Crippen molar-refractivity contribution in [3.8, 4) is 0 Å². The molecule has 0 saturated carbocycles. The van der Waals surface area contributed by atoms with E-state index in [1.807, 2.05) is 43.3 Å². The molecule has 0 radical (unpaired) electrons. The highest BCUT2D eigenvalue weighted by atomic mass is 32.2. The maximum Gasteiger partial charge on any atom is 0.313 e. The van der Waals surface area contributed by atoms with E-state index >= 15 is 0 Å². The van der Waals surface area contributed by atoms with Crippen LogP contribution in [0.1, 0.15) is 75.1 Å². The van der Waals surface area contributed by atoms with Crippen LogP contribution in [0.5, 0.6) is 0 Å². The minimum atomic E-state index is -0.345. The maximum atomic E-state index is 12.5. The Bertz CT molecular complexity index is 929. The molecule has 6 nitrogen and oxygen atoms in total. The Morgan fingerprint density at radius 2 is 1.60 bits per heavy atom. The predicted octanol–water partition coefficient (Wildman–Crippen LogP) is 6.24. The molecule has 7 heteroatoms. The molecule has 1 atom stereocenters. The van der Waals surface area contributed by atoms with Gasteiger partial charge in [0.1, 0.15) is 6.61 Å². The lowest BCUT2D eigenvalue weighted by Crippen LogP contribution is -2.28. The molecule has 0 fully saturated rings. The van der Waals surface area contributed by atoms with Gasteiger partial charge < -0.3 is 4.74 Å². The molecule has 0 aliphatic heterocycles. The van der Waals surface area contributed by atoms with Gasteiger partial charge in [0.15, 0.2) is 0 Å². The van der Waals surface area contributed by atoms with Crippen LogP contribution in [0.4, 0.5) is 4.79 Å². The topological polar surface area (TPSA) is 75.7 Å². The number of hydrogen-bond donors (Lipinski definition) is 1. The fourth-order valence-corrected chi connectivity index (χ4v) is 4.13. The van der Waals surface area contributed by atoms with Gasteiger partial charge in [0.25, 0.3) is 0 Å². The van der Waals surface area contributed by atoms with Crippen LogP contribution in [-0.2, 0) is 33.9 Å². The third kappa shape index (κ3) is 10.2. The Labute approximate surface area is 213 Å². The number of nitrogens with zero attached hydrogens (tertiary/aromatic N) is 1. The Kier molecular flexibility index (Phi) is 12.6. The molecule has 0 aromatic heterocycles. The van der Waals surface area contributed by atoms with Crippen molar-refractivity contribution in [2.24, 2.45) is 5.92 Å². The van der Waals surface area contributed by atoms with Gasteiger partial charge in [-0.05, 0) is 47.9 Å². The van der Waals surface area contributed by atoms with Gasteiger partial charge in [-0.25, -0.2) is 0 Å². The lowest BCUT2D eigenvalue weighted by atomic mass is 9.97. The summed E-state index contributed by atoms with van der Waals surface area (Å²) in [7, 11) is 0. The van der Waals surface area contributed by atoms with Gasteiger partial charge in [0, 0.05) is 18.5 Å². The number of hydrogen-bond acceptors (Lipinski definition) is 6. The summed E-state index contributed by atoms with van der Waals surface area (Å²) in [5.74, 6) is -0.0256. The number of imide groups is 1. The molecular weight excluding hydrogens is 460 g/mol. The van der Waals surface area contributed by atoms with Crippen molar-refractivity contribution in [1.82, 2.24) is 9.62 Å². The van der Waals surface area contributed by atoms with E-state index in [-0.39, 0.29) is 30.3 Å². The molecule has 0 bridgehead atoms. The number of rotatable bonds is 14. The van der Waals surface area contributed by atoms with Crippen LogP contribution in [0.3, 0.4) is 0 Å². The normalized spacial score (nSPS) is 11.8. The van der Waals surface area contributed by atoms with Gasteiger partial charge in [-0.2, -0.15) is 0 Å². The molecule has 0 spiro atoms. The van der Waals surface area contributed by atoms with E-state index in [4.69, 9.17) is 4.74 Å². The smallest absolute Gasteiger partial charge is 0.313 e. The number of ether oxygens (including phenoxy) is 1. The molecule has 0 aliphatic rings. The zero-order valence-corrected chi connectivity index (χ0v) is 22.1. The van der Waals surface area contributed by atoms with E-state index in [9.17, 15) is 14.4 Å². The minimum absolute atomic E-state index is 0.169. The van der Waals surface area contributed by atoms with Crippen molar-refractivity contribution in [2.75, 3.05) is 6.54 Å². The molecule has 2 rings (SSSR count). The first-order valence-corrected chi connectivity index (χ1v) is 13.1. The summed E-state index contributed by atoms with van der Waals surface area (Å²) in [5, 5.41) is -0.333. The van der Waals surface area contributed by atoms with Crippen LogP contribution in [-0.4, -0.2) is 29.1 Å². The quantitative estimate of drug-likeness (QED) is 0.144. The van der Waals surface area contributed by atoms with E-state index in [2.05, 4.69) is 37.6 Å². The SMILES string of the molecule is CCCCCNSC(=O)N(C=O)Cc1ccc(COC(=O)C(C)c2ccc(CC(C)C)cc2)cc1. The summed E-state index contributed by atoms with van der Waals surface area (Å²) in [6, 6.07) is 15.5. The van der Waals surface area contributed by atoms with Crippen molar-refractivity contribution in [1.29, 1.82) is 0 Å². The standard InChI is InChI=1S/C28H38N2O4S/c1-5-6-7-16-29-35-28(33)30(20-31)18-24-8-10-25(11-9-24)19-34-27(32)22(4)26-14-12-23(13-15-26)17-21(2)3/h8-15,20-22,29H,5-7,16-19H2,1-4H3. The minimum Gasteiger partial charge on any atom is -0.460 e.